The van der Waals surface area contributed by atoms with E-state index >= 15 is 0 Å². The number of nitrogens with zero attached hydrogens (tertiary/aromatic N) is 2. The van der Waals surface area contributed by atoms with E-state index in [-0.39, 0.29) is 22.6 Å². The van der Waals surface area contributed by atoms with Crippen molar-refractivity contribution in [2.75, 3.05) is 0 Å². The molecular formula is C16H12F4N2. The summed E-state index contributed by atoms with van der Waals surface area (Å²) in [7, 11) is 0. The molecule has 2 nitrogen and oxygen atoms in total. The fourth-order valence-corrected chi connectivity index (χ4v) is 2.45. The molecule has 0 saturated carbocycles. The molecule has 0 aliphatic rings. The van der Waals surface area contributed by atoms with Gasteiger partial charge in [0, 0.05) is 24.1 Å². The second kappa shape index (κ2) is 5.12. The van der Waals surface area contributed by atoms with Crippen LogP contribution in [0.1, 0.15) is 25.6 Å². The van der Waals surface area contributed by atoms with Gasteiger partial charge in [-0.15, -0.1) is 0 Å². The summed E-state index contributed by atoms with van der Waals surface area (Å²) in [5.41, 5.74) is 0.231. The molecule has 0 bridgehead atoms. The molecule has 22 heavy (non-hydrogen) atoms. The van der Waals surface area contributed by atoms with Gasteiger partial charge in [-0.1, -0.05) is 13.8 Å². The number of hydrogen-bond donors (Lipinski definition) is 0. The molecule has 0 saturated heterocycles. The van der Waals surface area contributed by atoms with Crippen LogP contribution in [0, 0.1) is 23.3 Å². The number of rotatable bonds is 2. The van der Waals surface area contributed by atoms with Crippen LogP contribution in [0.3, 0.4) is 0 Å². The van der Waals surface area contributed by atoms with Gasteiger partial charge < -0.3 is 0 Å². The predicted octanol–water partition coefficient (Wildman–Crippen LogP) is 4.71. The molecule has 3 aromatic rings. The van der Waals surface area contributed by atoms with E-state index in [4.69, 9.17) is 0 Å². The van der Waals surface area contributed by atoms with Crippen LogP contribution in [0.25, 0.3) is 16.7 Å². The van der Waals surface area contributed by atoms with E-state index in [1.54, 1.807) is 0 Å². The standard InChI is InChI=1S/C16H12F4N2/c1-8(2)16-21-15-13(20)6-11(19)7-14(15)22(16)12-4-9(17)3-10(18)5-12/h3-8H,1-2H3. The third-order valence-corrected chi connectivity index (χ3v) is 3.33. The Morgan fingerprint density at radius 3 is 2.05 bits per heavy atom. The molecule has 1 aromatic heterocycles. The van der Waals surface area contributed by atoms with Crippen molar-refractivity contribution in [3.8, 4) is 5.69 Å². The van der Waals surface area contributed by atoms with Gasteiger partial charge in [-0.2, -0.15) is 0 Å². The lowest BCUT2D eigenvalue weighted by Gasteiger charge is -2.12. The highest BCUT2D eigenvalue weighted by atomic mass is 19.1. The maximum Gasteiger partial charge on any atom is 0.153 e. The first-order valence-electron chi connectivity index (χ1n) is 6.70. The zero-order valence-corrected chi connectivity index (χ0v) is 11.9. The molecule has 1 heterocycles. The van der Waals surface area contributed by atoms with Crippen molar-refractivity contribution >= 4 is 11.0 Å². The maximum absolute atomic E-state index is 13.9. The van der Waals surface area contributed by atoms with Crippen LogP contribution >= 0.6 is 0 Å². The van der Waals surface area contributed by atoms with Gasteiger partial charge in [-0.05, 0) is 12.1 Å². The van der Waals surface area contributed by atoms with E-state index in [1.807, 2.05) is 13.8 Å². The number of benzene rings is 2. The van der Waals surface area contributed by atoms with E-state index in [0.717, 1.165) is 30.3 Å². The van der Waals surface area contributed by atoms with Crippen LogP contribution in [-0.2, 0) is 0 Å². The van der Waals surface area contributed by atoms with Crippen LogP contribution in [0.5, 0.6) is 0 Å². The van der Waals surface area contributed by atoms with Gasteiger partial charge in [0.2, 0.25) is 0 Å². The van der Waals surface area contributed by atoms with Gasteiger partial charge in [0.25, 0.3) is 0 Å². The quantitative estimate of drug-likeness (QED) is 0.627. The SMILES string of the molecule is CC(C)c1nc2c(F)cc(F)cc2n1-c1cc(F)cc(F)c1. The summed E-state index contributed by atoms with van der Waals surface area (Å²) in [6.45, 7) is 3.61. The monoisotopic (exact) mass is 308 g/mol. The Morgan fingerprint density at radius 2 is 1.45 bits per heavy atom. The molecule has 0 N–H and O–H groups in total. The molecular weight excluding hydrogens is 296 g/mol. The summed E-state index contributed by atoms with van der Waals surface area (Å²) in [5.74, 6) is -2.90. The van der Waals surface area contributed by atoms with Crippen molar-refractivity contribution in [1.82, 2.24) is 9.55 Å². The Bertz CT molecular complexity index is 848. The van der Waals surface area contributed by atoms with Crippen molar-refractivity contribution < 1.29 is 17.6 Å². The minimum absolute atomic E-state index is 0.0326. The van der Waals surface area contributed by atoms with Gasteiger partial charge in [-0.3, -0.25) is 4.57 Å². The van der Waals surface area contributed by atoms with Crippen molar-refractivity contribution in [3.05, 3.63) is 59.4 Å². The normalized spacial score (nSPS) is 11.6. The number of aromatic nitrogens is 2. The first-order chi connectivity index (χ1) is 10.4. The fraction of sp³-hybridized carbons (Fsp3) is 0.188. The fourth-order valence-electron chi connectivity index (χ4n) is 2.45. The van der Waals surface area contributed by atoms with E-state index in [1.165, 1.54) is 4.57 Å². The first-order valence-corrected chi connectivity index (χ1v) is 6.70. The van der Waals surface area contributed by atoms with E-state index in [9.17, 15) is 17.6 Å². The average Bonchev–Trinajstić information content (AvgIpc) is 2.77. The molecule has 0 aliphatic carbocycles. The molecule has 0 radical (unpaired) electrons. The number of imidazole rings is 1. The summed E-state index contributed by atoms with van der Waals surface area (Å²) in [6.07, 6.45) is 0. The molecule has 0 spiro atoms. The Morgan fingerprint density at radius 1 is 0.864 bits per heavy atom. The molecule has 3 rings (SSSR count). The summed E-state index contributed by atoms with van der Waals surface area (Å²) in [4.78, 5) is 4.16. The predicted molar refractivity (Wildman–Crippen MR) is 75.0 cm³/mol. The smallest absolute Gasteiger partial charge is 0.153 e. The molecule has 0 aliphatic heterocycles. The maximum atomic E-state index is 13.9. The molecule has 0 unspecified atom stereocenters. The van der Waals surface area contributed by atoms with Gasteiger partial charge in [-0.25, -0.2) is 22.5 Å². The first kappa shape index (κ1) is 14.6. The van der Waals surface area contributed by atoms with Crippen LogP contribution in [0.4, 0.5) is 17.6 Å². The third-order valence-electron chi connectivity index (χ3n) is 3.33. The summed E-state index contributed by atoms with van der Waals surface area (Å²) < 4.78 is 55.8. The minimum Gasteiger partial charge on any atom is -0.296 e. The lowest BCUT2D eigenvalue weighted by molar-refractivity contribution is 0.581. The number of halogens is 4. The van der Waals surface area contributed by atoms with Crippen molar-refractivity contribution in [1.29, 1.82) is 0 Å². The van der Waals surface area contributed by atoms with Crippen molar-refractivity contribution in [3.63, 3.8) is 0 Å². The molecule has 6 heteroatoms. The largest absolute Gasteiger partial charge is 0.296 e. The zero-order chi connectivity index (χ0) is 16.0. The average molecular weight is 308 g/mol. The van der Waals surface area contributed by atoms with E-state index in [2.05, 4.69) is 4.98 Å². The zero-order valence-electron chi connectivity index (χ0n) is 11.9. The van der Waals surface area contributed by atoms with Crippen LogP contribution in [0.2, 0.25) is 0 Å². The van der Waals surface area contributed by atoms with Crippen LogP contribution < -0.4 is 0 Å². The minimum atomic E-state index is -0.812. The topological polar surface area (TPSA) is 17.8 Å². The van der Waals surface area contributed by atoms with Gasteiger partial charge >= 0.3 is 0 Å². The van der Waals surface area contributed by atoms with E-state index < -0.39 is 23.3 Å². The van der Waals surface area contributed by atoms with Crippen molar-refractivity contribution in [2.24, 2.45) is 0 Å². The summed E-state index contributed by atoms with van der Waals surface area (Å²) >= 11 is 0. The summed E-state index contributed by atoms with van der Waals surface area (Å²) in [5, 5.41) is 0. The van der Waals surface area contributed by atoms with E-state index in [0.29, 0.717) is 5.82 Å². The Labute approximate surface area is 124 Å². The van der Waals surface area contributed by atoms with Crippen LogP contribution in [-0.4, -0.2) is 9.55 Å². The highest BCUT2D eigenvalue weighted by Crippen LogP contribution is 2.29. The van der Waals surface area contributed by atoms with Gasteiger partial charge in [0.05, 0.1) is 11.2 Å². The molecule has 0 amide bonds. The lowest BCUT2D eigenvalue weighted by Crippen LogP contribution is -2.04. The Hall–Kier alpha value is -2.37. The Balaban J connectivity index is 2.42. The molecule has 114 valence electrons. The molecule has 2 aromatic carbocycles. The van der Waals surface area contributed by atoms with Crippen LogP contribution in [0.15, 0.2) is 30.3 Å². The highest BCUT2D eigenvalue weighted by molar-refractivity contribution is 5.79. The molecule has 0 fully saturated rings. The molecule has 0 atom stereocenters. The van der Waals surface area contributed by atoms with Gasteiger partial charge in [0.15, 0.2) is 5.82 Å². The highest BCUT2D eigenvalue weighted by Gasteiger charge is 2.19. The number of hydrogen-bond acceptors (Lipinski definition) is 1. The second-order valence-corrected chi connectivity index (χ2v) is 5.34. The second-order valence-electron chi connectivity index (χ2n) is 5.34. The van der Waals surface area contributed by atoms with Gasteiger partial charge in [0.1, 0.15) is 28.8 Å². The number of fused-ring (bicyclic) bond motifs is 1. The summed E-state index contributed by atoms with van der Waals surface area (Å²) in [6, 6.07) is 4.76. The third kappa shape index (κ3) is 2.34. The lowest BCUT2D eigenvalue weighted by atomic mass is 10.2. The Kier molecular flexibility index (Phi) is 3.39. The van der Waals surface area contributed by atoms with Crippen molar-refractivity contribution in [2.45, 2.75) is 19.8 Å².